The van der Waals surface area contributed by atoms with Crippen molar-refractivity contribution < 1.29 is 14.1 Å². The van der Waals surface area contributed by atoms with Gasteiger partial charge in [0.05, 0.1) is 4.92 Å². The number of ether oxygens (including phenoxy) is 1. The van der Waals surface area contributed by atoms with Crippen LogP contribution in [0, 0.1) is 15.9 Å². The fraction of sp³-hybridized carbons (Fsp3) is 0.167. The maximum atomic E-state index is 13.5. The standard InChI is InChI=1S/C12H12FN5O3/c1-2-15-10-6-11(17-12(14)16-10)21-7-3-4-9(18(19)20)8(13)5-7/h3-6H,2H2,1H3,(H3,14,15,16,17). The van der Waals surface area contributed by atoms with E-state index in [0.717, 1.165) is 12.1 Å². The number of nitro benzene ring substituents is 1. The molecule has 0 amide bonds. The summed E-state index contributed by atoms with van der Waals surface area (Å²) >= 11 is 0. The van der Waals surface area contributed by atoms with Gasteiger partial charge in [-0.2, -0.15) is 14.4 Å². The zero-order valence-corrected chi connectivity index (χ0v) is 11.0. The number of benzene rings is 1. The Balaban J connectivity index is 2.25. The van der Waals surface area contributed by atoms with Gasteiger partial charge in [-0.05, 0) is 13.0 Å². The van der Waals surface area contributed by atoms with E-state index in [0.29, 0.717) is 12.4 Å². The zero-order valence-electron chi connectivity index (χ0n) is 11.0. The highest BCUT2D eigenvalue weighted by atomic mass is 19.1. The van der Waals surface area contributed by atoms with Crippen molar-refractivity contribution in [2.45, 2.75) is 6.92 Å². The molecule has 0 saturated carbocycles. The van der Waals surface area contributed by atoms with Gasteiger partial charge in [0.1, 0.15) is 11.6 Å². The summed E-state index contributed by atoms with van der Waals surface area (Å²) in [6.45, 7) is 2.51. The normalized spacial score (nSPS) is 10.2. The van der Waals surface area contributed by atoms with Crippen LogP contribution >= 0.6 is 0 Å². The van der Waals surface area contributed by atoms with Crippen molar-refractivity contribution in [3.63, 3.8) is 0 Å². The predicted molar refractivity (Wildman–Crippen MR) is 73.7 cm³/mol. The SMILES string of the molecule is CCNc1cc(Oc2ccc([N+](=O)[O-])c(F)c2)nc(N)n1. The number of nitrogens with two attached hydrogens (primary N) is 1. The summed E-state index contributed by atoms with van der Waals surface area (Å²) in [5.41, 5.74) is 4.90. The van der Waals surface area contributed by atoms with E-state index < -0.39 is 16.4 Å². The van der Waals surface area contributed by atoms with E-state index in [4.69, 9.17) is 10.5 Å². The summed E-state index contributed by atoms with van der Waals surface area (Å²) < 4.78 is 18.8. The number of hydrogen-bond acceptors (Lipinski definition) is 7. The molecule has 9 heteroatoms. The highest BCUT2D eigenvalue weighted by Crippen LogP contribution is 2.26. The Bertz CT molecular complexity index is 680. The molecule has 21 heavy (non-hydrogen) atoms. The van der Waals surface area contributed by atoms with Crippen molar-refractivity contribution in [2.24, 2.45) is 0 Å². The Morgan fingerprint density at radius 1 is 1.43 bits per heavy atom. The van der Waals surface area contributed by atoms with Gasteiger partial charge in [-0.3, -0.25) is 10.1 Å². The summed E-state index contributed by atoms with van der Waals surface area (Å²) in [5, 5.41) is 13.5. The molecule has 8 nitrogen and oxygen atoms in total. The lowest BCUT2D eigenvalue weighted by atomic mass is 10.3. The summed E-state index contributed by atoms with van der Waals surface area (Å²) in [4.78, 5) is 17.5. The smallest absolute Gasteiger partial charge is 0.305 e. The molecule has 1 heterocycles. The zero-order chi connectivity index (χ0) is 15.4. The lowest BCUT2D eigenvalue weighted by Crippen LogP contribution is -2.04. The molecule has 1 aromatic carbocycles. The molecule has 0 aliphatic heterocycles. The number of aromatic nitrogens is 2. The topological polar surface area (TPSA) is 116 Å². The Labute approximate surface area is 118 Å². The van der Waals surface area contributed by atoms with Crippen LogP contribution in [-0.2, 0) is 0 Å². The van der Waals surface area contributed by atoms with Gasteiger partial charge >= 0.3 is 5.69 Å². The van der Waals surface area contributed by atoms with E-state index in [-0.39, 0.29) is 17.6 Å². The maximum absolute atomic E-state index is 13.5. The molecule has 2 aromatic rings. The number of anilines is 2. The molecular formula is C12H12FN5O3. The number of nitrogens with one attached hydrogen (secondary N) is 1. The van der Waals surface area contributed by atoms with Gasteiger partial charge < -0.3 is 15.8 Å². The van der Waals surface area contributed by atoms with E-state index in [1.165, 1.54) is 12.1 Å². The first kappa shape index (κ1) is 14.4. The highest BCUT2D eigenvalue weighted by molar-refractivity contribution is 5.45. The fourth-order valence-electron chi connectivity index (χ4n) is 1.59. The molecule has 110 valence electrons. The van der Waals surface area contributed by atoms with Crippen molar-refractivity contribution in [2.75, 3.05) is 17.6 Å². The first-order valence-electron chi connectivity index (χ1n) is 6.00. The summed E-state index contributed by atoms with van der Waals surface area (Å²) in [7, 11) is 0. The Morgan fingerprint density at radius 2 is 2.19 bits per heavy atom. The van der Waals surface area contributed by atoms with Crippen molar-refractivity contribution >= 4 is 17.5 Å². The lowest BCUT2D eigenvalue weighted by molar-refractivity contribution is -0.387. The highest BCUT2D eigenvalue weighted by Gasteiger charge is 2.15. The van der Waals surface area contributed by atoms with E-state index in [1.54, 1.807) is 0 Å². The Kier molecular flexibility index (Phi) is 4.12. The van der Waals surface area contributed by atoms with Gasteiger partial charge in [0.15, 0.2) is 0 Å². The Hall–Kier alpha value is -2.97. The molecule has 0 fully saturated rings. The number of nitrogen functional groups attached to an aromatic ring is 1. The summed E-state index contributed by atoms with van der Waals surface area (Å²) in [6.07, 6.45) is 0. The van der Waals surface area contributed by atoms with Gasteiger partial charge in [0.25, 0.3) is 0 Å². The van der Waals surface area contributed by atoms with Crippen molar-refractivity contribution in [3.05, 3.63) is 40.2 Å². The molecule has 0 spiro atoms. The van der Waals surface area contributed by atoms with Crippen molar-refractivity contribution in [3.8, 4) is 11.6 Å². The minimum atomic E-state index is -0.994. The lowest BCUT2D eigenvalue weighted by Gasteiger charge is -2.08. The molecular weight excluding hydrogens is 281 g/mol. The summed E-state index contributed by atoms with van der Waals surface area (Å²) in [6, 6.07) is 4.68. The van der Waals surface area contributed by atoms with E-state index in [1.807, 2.05) is 6.92 Å². The van der Waals surface area contributed by atoms with Crippen LogP contribution in [0.25, 0.3) is 0 Å². The van der Waals surface area contributed by atoms with Gasteiger partial charge in [0, 0.05) is 24.7 Å². The number of halogens is 1. The molecule has 0 aliphatic rings. The molecule has 2 rings (SSSR count). The largest absolute Gasteiger partial charge is 0.439 e. The molecule has 0 unspecified atom stereocenters. The number of nitro groups is 1. The van der Waals surface area contributed by atoms with Gasteiger partial charge in [-0.25, -0.2) is 0 Å². The first-order chi connectivity index (χ1) is 9.99. The number of nitrogens with zero attached hydrogens (tertiary/aromatic N) is 3. The second-order valence-electron chi connectivity index (χ2n) is 3.95. The minimum Gasteiger partial charge on any atom is -0.439 e. The van der Waals surface area contributed by atoms with Crippen molar-refractivity contribution in [1.82, 2.24) is 9.97 Å². The first-order valence-corrected chi connectivity index (χ1v) is 6.00. The van der Waals surface area contributed by atoms with Gasteiger partial charge in [0.2, 0.25) is 17.6 Å². The third-order valence-corrected chi connectivity index (χ3v) is 2.42. The average molecular weight is 293 g/mol. The molecule has 0 bridgehead atoms. The van der Waals surface area contributed by atoms with Crippen LogP contribution in [-0.4, -0.2) is 21.4 Å². The van der Waals surface area contributed by atoms with Crippen molar-refractivity contribution in [1.29, 1.82) is 0 Å². The van der Waals surface area contributed by atoms with Crippen LogP contribution < -0.4 is 15.8 Å². The Morgan fingerprint density at radius 3 is 2.81 bits per heavy atom. The monoisotopic (exact) mass is 293 g/mol. The van der Waals surface area contributed by atoms with Gasteiger partial charge in [-0.15, -0.1) is 0 Å². The maximum Gasteiger partial charge on any atom is 0.305 e. The molecule has 3 N–H and O–H groups in total. The molecule has 1 aromatic heterocycles. The number of rotatable bonds is 5. The van der Waals surface area contributed by atoms with Crippen LogP contribution in [0.1, 0.15) is 6.92 Å². The number of hydrogen-bond donors (Lipinski definition) is 2. The fourth-order valence-corrected chi connectivity index (χ4v) is 1.59. The molecule has 0 radical (unpaired) electrons. The van der Waals surface area contributed by atoms with E-state index >= 15 is 0 Å². The third-order valence-electron chi connectivity index (χ3n) is 2.42. The second-order valence-corrected chi connectivity index (χ2v) is 3.95. The van der Waals surface area contributed by atoms with Gasteiger partial charge in [-0.1, -0.05) is 0 Å². The minimum absolute atomic E-state index is 0.00849. The average Bonchev–Trinajstić information content (AvgIpc) is 2.37. The molecule has 0 saturated heterocycles. The second kappa shape index (κ2) is 5.99. The third kappa shape index (κ3) is 3.53. The molecule has 0 atom stereocenters. The van der Waals surface area contributed by atoms with E-state index in [9.17, 15) is 14.5 Å². The molecule has 0 aliphatic carbocycles. The van der Waals surface area contributed by atoms with Crippen LogP contribution in [0.15, 0.2) is 24.3 Å². The predicted octanol–water partition coefficient (Wildman–Crippen LogP) is 2.33. The quantitative estimate of drug-likeness (QED) is 0.641. The van der Waals surface area contributed by atoms with E-state index in [2.05, 4.69) is 15.3 Å². The van der Waals surface area contributed by atoms with Crippen LogP contribution in [0.2, 0.25) is 0 Å². The summed E-state index contributed by atoms with van der Waals surface area (Å²) in [5.74, 6) is -0.370. The van der Waals surface area contributed by atoms with Crippen LogP contribution in [0.3, 0.4) is 0 Å². The van der Waals surface area contributed by atoms with Crippen LogP contribution in [0.5, 0.6) is 11.6 Å². The van der Waals surface area contributed by atoms with Crippen LogP contribution in [0.4, 0.5) is 21.8 Å².